The van der Waals surface area contributed by atoms with Gasteiger partial charge in [-0.05, 0) is 38.5 Å². The van der Waals surface area contributed by atoms with Crippen LogP contribution in [0.5, 0.6) is 0 Å². The first-order valence-corrected chi connectivity index (χ1v) is 6.16. The van der Waals surface area contributed by atoms with Crippen LogP contribution in [0.4, 0.5) is 4.79 Å². The van der Waals surface area contributed by atoms with E-state index >= 15 is 0 Å². The van der Waals surface area contributed by atoms with Crippen LogP contribution < -0.4 is 5.32 Å². The lowest BCUT2D eigenvalue weighted by Gasteiger charge is -2.23. The molecule has 0 unspecified atom stereocenters. The van der Waals surface area contributed by atoms with Crippen LogP contribution in [-0.2, 0) is 4.74 Å². The van der Waals surface area contributed by atoms with Crippen molar-refractivity contribution in [2.45, 2.75) is 32.4 Å². The normalized spacial score (nSPS) is 12.6. The van der Waals surface area contributed by atoms with Crippen LogP contribution in [0, 0.1) is 0 Å². The number of carbonyl (C=O) groups is 2. The van der Waals surface area contributed by atoms with E-state index in [4.69, 9.17) is 9.84 Å². The molecule has 0 heterocycles. The molecule has 110 valence electrons. The number of benzene rings is 1. The maximum absolute atomic E-state index is 11.6. The van der Waals surface area contributed by atoms with Crippen molar-refractivity contribution in [1.29, 1.82) is 0 Å². The van der Waals surface area contributed by atoms with E-state index in [-0.39, 0.29) is 12.2 Å². The molecule has 1 atom stereocenters. The summed E-state index contributed by atoms with van der Waals surface area (Å²) in [5.74, 6) is -1.03. The number of aliphatic hydroxyl groups excluding tert-OH is 1. The number of hydrogen-bond donors (Lipinski definition) is 3. The molecule has 0 aromatic heterocycles. The fraction of sp³-hybridized carbons (Fsp3) is 0.429. The number of carboxylic acid groups (broad SMARTS) is 1. The average Bonchev–Trinajstić information content (AvgIpc) is 2.34. The van der Waals surface area contributed by atoms with Crippen molar-refractivity contribution in [3.05, 3.63) is 35.4 Å². The number of aromatic carboxylic acids is 1. The molecule has 0 aliphatic rings. The van der Waals surface area contributed by atoms with Gasteiger partial charge in [0.05, 0.1) is 18.2 Å². The van der Waals surface area contributed by atoms with E-state index in [1.54, 1.807) is 32.9 Å². The topological polar surface area (TPSA) is 95.9 Å². The van der Waals surface area contributed by atoms with E-state index in [0.717, 1.165) is 0 Å². The predicted molar refractivity (Wildman–Crippen MR) is 72.6 cm³/mol. The number of rotatable bonds is 4. The summed E-state index contributed by atoms with van der Waals surface area (Å²) in [6.07, 6.45) is -0.640. The summed E-state index contributed by atoms with van der Waals surface area (Å²) in [6, 6.07) is 5.27. The van der Waals surface area contributed by atoms with E-state index in [9.17, 15) is 14.7 Å². The van der Waals surface area contributed by atoms with Gasteiger partial charge in [-0.3, -0.25) is 0 Å². The second kappa shape index (κ2) is 6.38. The average molecular weight is 281 g/mol. The number of carboxylic acids is 1. The molecule has 3 N–H and O–H groups in total. The summed E-state index contributed by atoms with van der Waals surface area (Å²) in [5.41, 5.74) is 0.114. The van der Waals surface area contributed by atoms with Gasteiger partial charge in [0.1, 0.15) is 5.60 Å². The monoisotopic (exact) mass is 281 g/mol. The summed E-state index contributed by atoms with van der Waals surface area (Å²) < 4.78 is 5.10. The van der Waals surface area contributed by atoms with Crippen molar-refractivity contribution in [3.8, 4) is 0 Å². The molecule has 1 rings (SSSR count). The number of carbonyl (C=O) groups excluding carboxylic acids is 1. The highest BCUT2D eigenvalue weighted by Gasteiger charge is 2.20. The first kappa shape index (κ1) is 16.0. The maximum Gasteiger partial charge on any atom is 0.408 e. The fourth-order valence-corrected chi connectivity index (χ4v) is 1.54. The Morgan fingerprint density at radius 1 is 1.25 bits per heavy atom. The van der Waals surface area contributed by atoms with E-state index in [1.165, 1.54) is 12.1 Å². The van der Waals surface area contributed by atoms with Gasteiger partial charge < -0.3 is 20.3 Å². The van der Waals surface area contributed by atoms with E-state index < -0.39 is 23.7 Å². The van der Waals surface area contributed by atoms with E-state index in [2.05, 4.69) is 5.32 Å². The van der Waals surface area contributed by atoms with Gasteiger partial charge in [-0.25, -0.2) is 9.59 Å². The molecule has 0 saturated heterocycles. The van der Waals surface area contributed by atoms with Gasteiger partial charge in [0.2, 0.25) is 0 Å². The Kier molecular flexibility index (Phi) is 5.10. The number of hydrogen-bond acceptors (Lipinski definition) is 4. The molecule has 0 bridgehead atoms. The second-order valence-electron chi connectivity index (χ2n) is 5.31. The zero-order chi connectivity index (χ0) is 15.3. The quantitative estimate of drug-likeness (QED) is 0.783. The van der Waals surface area contributed by atoms with Gasteiger partial charge in [0, 0.05) is 0 Å². The number of nitrogens with one attached hydrogen (secondary N) is 1. The third-order valence-electron chi connectivity index (χ3n) is 2.43. The highest BCUT2D eigenvalue weighted by Crippen LogP contribution is 2.15. The van der Waals surface area contributed by atoms with Crippen LogP contribution in [0.1, 0.15) is 42.7 Å². The molecule has 0 saturated carbocycles. The lowest BCUT2D eigenvalue weighted by molar-refractivity contribution is 0.0481. The van der Waals surface area contributed by atoms with Crippen molar-refractivity contribution in [2.24, 2.45) is 0 Å². The Labute approximate surface area is 117 Å². The molecule has 0 aliphatic carbocycles. The standard InChI is InChI=1S/C14H19NO5/c1-14(2,3)20-13(19)15-11(8-16)9-4-6-10(7-5-9)12(17)18/h4-7,11,16H,8H2,1-3H3,(H,15,19)(H,17,18)/t11-/m0/s1. The van der Waals surface area contributed by atoms with Gasteiger partial charge >= 0.3 is 12.1 Å². The smallest absolute Gasteiger partial charge is 0.408 e. The van der Waals surface area contributed by atoms with Crippen molar-refractivity contribution in [1.82, 2.24) is 5.32 Å². The van der Waals surface area contributed by atoms with Crippen molar-refractivity contribution >= 4 is 12.1 Å². The van der Waals surface area contributed by atoms with Gasteiger partial charge in [0.15, 0.2) is 0 Å². The minimum absolute atomic E-state index is 0.141. The van der Waals surface area contributed by atoms with Crippen LogP contribution in [0.3, 0.4) is 0 Å². The maximum atomic E-state index is 11.6. The highest BCUT2D eigenvalue weighted by molar-refractivity contribution is 5.87. The van der Waals surface area contributed by atoms with Crippen LogP contribution in [0.15, 0.2) is 24.3 Å². The first-order chi connectivity index (χ1) is 9.23. The largest absolute Gasteiger partial charge is 0.478 e. The molecular formula is C14H19NO5. The molecule has 1 aromatic rings. The summed E-state index contributed by atoms with van der Waals surface area (Å²) in [7, 11) is 0. The molecule has 1 amide bonds. The number of ether oxygens (including phenoxy) is 1. The van der Waals surface area contributed by atoms with E-state index in [1.807, 2.05) is 0 Å². The molecule has 6 heteroatoms. The molecule has 6 nitrogen and oxygen atoms in total. The molecule has 0 fully saturated rings. The lowest BCUT2D eigenvalue weighted by atomic mass is 10.1. The van der Waals surface area contributed by atoms with Crippen LogP contribution in [0.2, 0.25) is 0 Å². The highest BCUT2D eigenvalue weighted by atomic mass is 16.6. The summed E-state index contributed by atoms with van der Waals surface area (Å²) >= 11 is 0. The number of alkyl carbamates (subject to hydrolysis) is 1. The zero-order valence-corrected chi connectivity index (χ0v) is 11.7. The SMILES string of the molecule is CC(C)(C)OC(=O)N[C@@H](CO)c1ccc(C(=O)O)cc1. The Bertz CT molecular complexity index is 475. The number of amides is 1. The summed E-state index contributed by atoms with van der Waals surface area (Å²) in [5, 5.41) is 20.7. The molecule has 0 aliphatic heterocycles. The van der Waals surface area contributed by atoms with E-state index in [0.29, 0.717) is 5.56 Å². The molecule has 1 aromatic carbocycles. The van der Waals surface area contributed by atoms with Crippen molar-refractivity contribution in [3.63, 3.8) is 0 Å². The van der Waals surface area contributed by atoms with Gasteiger partial charge in [-0.15, -0.1) is 0 Å². The lowest BCUT2D eigenvalue weighted by Crippen LogP contribution is -2.36. The van der Waals surface area contributed by atoms with Gasteiger partial charge in [0.25, 0.3) is 0 Å². The molecule has 0 radical (unpaired) electrons. The fourth-order valence-electron chi connectivity index (χ4n) is 1.54. The van der Waals surface area contributed by atoms with Crippen LogP contribution in [0.25, 0.3) is 0 Å². The third kappa shape index (κ3) is 4.89. The second-order valence-corrected chi connectivity index (χ2v) is 5.31. The van der Waals surface area contributed by atoms with Gasteiger partial charge in [-0.1, -0.05) is 12.1 Å². The number of aliphatic hydroxyl groups is 1. The van der Waals surface area contributed by atoms with Gasteiger partial charge in [-0.2, -0.15) is 0 Å². The Hall–Kier alpha value is -2.08. The molecular weight excluding hydrogens is 262 g/mol. The van der Waals surface area contributed by atoms with Crippen molar-refractivity contribution < 1.29 is 24.5 Å². The Morgan fingerprint density at radius 3 is 2.20 bits per heavy atom. The predicted octanol–water partition coefficient (Wildman–Crippen LogP) is 1.94. The molecule has 20 heavy (non-hydrogen) atoms. The zero-order valence-electron chi connectivity index (χ0n) is 11.7. The van der Waals surface area contributed by atoms with Crippen LogP contribution in [-0.4, -0.2) is 34.5 Å². The summed E-state index contributed by atoms with van der Waals surface area (Å²) in [6.45, 7) is 4.90. The molecule has 0 spiro atoms. The Balaban J connectivity index is 2.75. The minimum Gasteiger partial charge on any atom is -0.478 e. The third-order valence-corrected chi connectivity index (χ3v) is 2.43. The summed E-state index contributed by atoms with van der Waals surface area (Å²) in [4.78, 5) is 22.4. The Morgan fingerprint density at radius 2 is 1.80 bits per heavy atom. The van der Waals surface area contributed by atoms with Crippen LogP contribution >= 0.6 is 0 Å². The minimum atomic E-state index is -1.03. The van der Waals surface area contributed by atoms with Crippen molar-refractivity contribution in [2.75, 3.05) is 6.61 Å². The first-order valence-electron chi connectivity index (χ1n) is 6.16.